The standard InChI is InChI=1S/C27H36N4O5S/c1-5-22(26-21-17-24(35-2)25(36-3)18-23(21)29-27(26)32)28-19-9-11-20(12-10-19)31(37(4,33)34)16-15-30-13-7-6-8-14-30/h9-12,17-18,28H,5-8,13-16H2,1-4H3,(H,29,32). The molecular formula is C27H36N4O5S. The molecule has 1 fully saturated rings. The Kier molecular flexibility index (Phi) is 8.29. The number of anilines is 3. The van der Waals surface area contributed by atoms with Crippen LogP contribution in [-0.4, -0.2) is 65.9 Å². The van der Waals surface area contributed by atoms with Crippen molar-refractivity contribution in [3.63, 3.8) is 0 Å². The number of rotatable bonds is 10. The molecular weight excluding hydrogens is 492 g/mol. The van der Waals surface area contributed by atoms with Crippen LogP contribution in [0.4, 0.5) is 17.1 Å². The minimum absolute atomic E-state index is 0.202. The van der Waals surface area contributed by atoms with Gasteiger partial charge >= 0.3 is 0 Å². The maximum atomic E-state index is 12.9. The van der Waals surface area contributed by atoms with Crippen molar-refractivity contribution in [1.29, 1.82) is 0 Å². The molecule has 1 saturated heterocycles. The highest BCUT2D eigenvalue weighted by atomic mass is 32.2. The van der Waals surface area contributed by atoms with Crippen LogP contribution in [0.15, 0.2) is 42.1 Å². The number of fused-ring (bicyclic) bond motifs is 1. The van der Waals surface area contributed by atoms with Crippen molar-refractivity contribution < 1.29 is 22.7 Å². The van der Waals surface area contributed by atoms with Crippen LogP contribution in [0.3, 0.4) is 0 Å². The van der Waals surface area contributed by atoms with Gasteiger partial charge in [-0.15, -0.1) is 0 Å². The van der Waals surface area contributed by atoms with Crippen molar-refractivity contribution in [3.8, 4) is 11.5 Å². The summed E-state index contributed by atoms with van der Waals surface area (Å²) in [7, 11) is -0.309. The second-order valence-electron chi connectivity index (χ2n) is 9.32. The van der Waals surface area contributed by atoms with E-state index in [-0.39, 0.29) is 5.91 Å². The summed E-state index contributed by atoms with van der Waals surface area (Å²) < 4.78 is 37.4. The summed E-state index contributed by atoms with van der Waals surface area (Å²) in [6.45, 7) is 5.14. The lowest BCUT2D eigenvalue weighted by Gasteiger charge is -2.30. The van der Waals surface area contributed by atoms with Crippen LogP contribution in [0.25, 0.3) is 5.57 Å². The number of ether oxygens (including phenoxy) is 2. The predicted molar refractivity (Wildman–Crippen MR) is 148 cm³/mol. The zero-order chi connectivity index (χ0) is 26.6. The second-order valence-corrected chi connectivity index (χ2v) is 11.2. The van der Waals surface area contributed by atoms with Gasteiger partial charge in [-0.1, -0.05) is 13.3 Å². The van der Waals surface area contributed by atoms with Gasteiger partial charge in [-0.3, -0.25) is 9.10 Å². The zero-order valence-electron chi connectivity index (χ0n) is 22.0. The molecule has 0 unspecified atom stereocenters. The van der Waals surface area contributed by atoms with Gasteiger partial charge in [-0.2, -0.15) is 0 Å². The Morgan fingerprint density at radius 2 is 1.70 bits per heavy atom. The highest BCUT2D eigenvalue weighted by molar-refractivity contribution is 7.92. The molecule has 0 spiro atoms. The summed E-state index contributed by atoms with van der Waals surface area (Å²) in [5.41, 5.74) is 4.08. The molecule has 0 atom stereocenters. The number of methoxy groups -OCH3 is 2. The monoisotopic (exact) mass is 528 g/mol. The lowest BCUT2D eigenvalue weighted by atomic mass is 10.0. The number of nitrogens with one attached hydrogen (secondary N) is 2. The van der Waals surface area contributed by atoms with Crippen LogP contribution < -0.4 is 24.4 Å². The number of allylic oxidation sites excluding steroid dienone is 1. The lowest BCUT2D eigenvalue weighted by molar-refractivity contribution is -0.110. The van der Waals surface area contributed by atoms with Gasteiger partial charge in [0.1, 0.15) is 0 Å². The third-order valence-electron chi connectivity index (χ3n) is 6.84. The topological polar surface area (TPSA) is 100 Å². The van der Waals surface area contributed by atoms with Crippen LogP contribution in [0.5, 0.6) is 11.5 Å². The summed E-state index contributed by atoms with van der Waals surface area (Å²) in [4.78, 5) is 15.2. The molecule has 4 rings (SSSR count). The molecule has 0 saturated carbocycles. The molecule has 37 heavy (non-hydrogen) atoms. The van der Waals surface area contributed by atoms with Crippen LogP contribution in [-0.2, 0) is 14.8 Å². The summed E-state index contributed by atoms with van der Waals surface area (Å²) >= 11 is 0. The molecule has 9 nitrogen and oxygen atoms in total. The van der Waals surface area contributed by atoms with Crippen LogP contribution >= 0.6 is 0 Å². The number of hydrogen-bond donors (Lipinski definition) is 2. The first kappa shape index (κ1) is 26.8. The number of hydrogen-bond acceptors (Lipinski definition) is 7. The first-order valence-electron chi connectivity index (χ1n) is 12.6. The van der Waals surface area contributed by atoms with E-state index < -0.39 is 10.0 Å². The molecule has 0 aromatic heterocycles. The SMILES string of the molecule is CCC(Nc1ccc(N(CCN2CCCCC2)S(C)(=O)=O)cc1)=C1C(=O)Nc2cc(OC)c(OC)cc21. The summed E-state index contributed by atoms with van der Waals surface area (Å²) in [6.07, 6.45) is 5.40. The van der Waals surface area contributed by atoms with Gasteiger partial charge in [-0.25, -0.2) is 8.42 Å². The Morgan fingerprint density at radius 1 is 1.05 bits per heavy atom. The highest BCUT2D eigenvalue weighted by Gasteiger charge is 2.29. The number of carbonyl (C=O) groups excluding carboxylic acids is 1. The minimum atomic E-state index is -3.42. The van der Waals surface area contributed by atoms with E-state index in [0.29, 0.717) is 48.0 Å². The molecule has 0 aliphatic carbocycles. The number of nitrogens with zero attached hydrogens (tertiary/aromatic N) is 2. The van der Waals surface area contributed by atoms with E-state index in [2.05, 4.69) is 15.5 Å². The van der Waals surface area contributed by atoms with Gasteiger partial charge in [-0.05, 0) is 62.7 Å². The van der Waals surface area contributed by atoms with Crippen LogP contribution in [0.1, 0.15) is 38.2 Å². The molecule has 2 aromatic carbocycles. The average Bonchev–Trinajstić information content (AvgIpc) is 3.21. The summed E-state index contributed by atoms with van der Waals surface area (Å²) in [6, 6.07) is 10.8. The highest BCUT2D eigenvalue weighted by Crippen LogP contribution is 2.42. The van der Waals surface area contributed by atoms with Crippen LogP contribution in [0.2, 0.25) is 0 Å². The van der Waals surface area contributed by atoms with Gasteiger partial charge in [0, 0.05) is 36.1 Å². The first-order valence-corrected chi connectivity index (χ1v) is 14.5. The number of amides is 1. The Labute approximate surface area is 219 Å². The molecule has 200 valence electrons. The van der Waals surface area contributed by atoms with Gasteiger partial charge in [0.05, 0.1) is 37.4 Å². The van der Waals surface area contributed by atoms with E-state index in [0.717, 1.165) is 42.9 Å². The molecule has 2 aliphatic rings. The molecule has 1 amide bonds. The van der Waals surface area contributed by atoms with Gasteiger partial charge < -0.3 is 25.0 Å². The van der Waals surface area contributed by atoms with Gasteiger partial charge in [0.25, 0.3) is 5.91 Å². The van der Waals surface area contributed by atoms with Crippen molar-refractivity contribution in [2.75, 3.05) is 61.6 Å². The molecule has 0 radical (unpaired) electrons. The number of sulfonamides is 1. The molecule has 2 aliphatic heterocycles. The van der Waals surface area contributed by atoms with E-state index in [1.54, 1.807) is 38.5 Å². The van der Waals surface area contributed by atoms with Crippen LogP contribution in [0, 0.1) is 0 Å². The van der Waals surface area contributed by atoms with E-state index in [9.17, 15) is 13.2 Å². The van der Waals surface area contributed by atoms with Crippen molar-refractivity contribution in [2.24, 2.45) is 0 Å². The molecule has 2 N–H and O–H groups in total. The number of likely N-dealkylation sites (tertiary alicyclic amines) is 1. The lowest BCUT2D eigenvalue weighted by Crippen LogP contribution is -2.40. The molecule has 2 aromatic rings. The maximum Gasteiger partial charge on any atom is 0.258 e. The van der Waals surface area contributed by atoms with E-state index in [1.165, 1.54) is 17.0 Å². The van der Waals surface area contributed by atoms with E-state index in [4.69, 9.17) is 9.47 Å². The van der Waals surface area contributed by atoms with Gasteiger partial charge in [0.2, 0.25) is 10.0 Å². The fraction of sp³-hybridized carbons (Fsp3) is 0.444. The largest absolute Gasteiger partial charge is 0.493 e. The average molecular weight is 529 g/mol. The van der Waals surface area contributed by atoms with E-state index in [1.807, 2.05) is 19.1 Å². The Hall–Kier alpha value is -3.24. The third-order valence-corrected chi connectivity index (χ3v) is 8.04. The van der Waals surface area contributed by atoms with Crippen molar-refractivity contribution in [3.05, 3.63) is 47.7 Å². The quantitative estimate of drug-likeness (QED) is 0.447. The summed E-state index contributed by atoms with van der Waals surface area (Å²) in [5, 5.41) is 6.27. The molecule has 2 heterocycles. The number of benzene rings is 2. The first-order chi connectivity index (χ1) is 17.7. The third kappa shape index (κ3) is 6.02. The fourth-order valence-corrected chi connectivity index (χ4v) is 5.83. The number of carbonyl (C=O) groups is 1. The van der Waals surface area contributed by atoms with Crippen molar-refractivity contribution >= 4 is 38.6 Å². The maximum absolute atomic E-state index is 12.9. The minimum Gasteiger partial charge on any atom is -0.493 e. The second kappa shape index (κ2) is 11.4. The van der Waals surface area contributed by atoms with Gasteiger partial charge in [0.15, 0.2) is 11.5 Å². The predicted octanol–water partition coefficient (Wildman–Crippen LogP) is 4.14. The zero-order valence-corrected chi connectivity index (χ0v) is 22.8. The van der Waals surface area contributed by atoms with Crippen molar-refractivity contribution in [1.82, 2.24) is 4.90 Å². The normalized spacial score (nSPS) is 17.1. The fourth-order valence-electron chi connectivity index (χ4n) is 4.91. The van der Waals surface area contributed by atoms with E-state index >= 15 is 0 Å². The number of piperidine rings is 1. The summed E-state index contributed by atoms with van der Waals surface area (Å²) in [5.74, 6) is 0.882. The Balaban J connectivity index is 1.56. The molecule has 0 bridgehead atoms. The Morgan fingerprint density at radius 3 is 2.30 bits per heavy atom. The smallest absolute Gasteiger partial charge is 0.258 e. The molecule has 10 heteroatoms. The van der Waals surface area contributed by atoms with Crippen molar-refractivity contribution in [2.45, 2.75) is 32.6 Å². The Bertz CT molecular complexity index is 1270.